The van der Waals surface area contributed by atoms with E-state index in [0.717, 1.165) is 18.8 Å². The summed E-state index contributed by atoms with van der Waals surface area (Å²) in [6, 6.07) is 4.81. The number of nitrogens with zero attached hydrogens (tertiary/aromatic N) is 4. The molecule has 4 rings (SSSR count). The van der Waals surface area contributed by atoms with E-state index in [0.29, 0.717) is 41.1 Å². The Balaban J connectivity index is 1.75. The third kappa shape index (κ3) is 3.61. The lowest BCUT2D eigenvalue weighted by Crippen LogP contribution is -2.35. The van der Waals surface area contributed by atoms with E-state index >= 15 is 4.39 Å². The molecule has 9 heteroatoms. The molecule has 29 heavy (non-hydrogen) atoms. The van der Waals surface area contributed by atoms with Crippen LogP contribution in [0.5, 0.6) is 0 Å². The summed E-state index contributed by atoms with van der Waals surface area (Å²) in [5.41, 5.74) is 3.52. The van der Waals surface area contributed by atoms with Gasteiger partial charge in [0.2, 0.25) is 0 Å². The molecule has 0 spiro atoms. The number of aromatic nitrogens is 3. The number of carboxylic acid groups (broad SMARTS) is 1. The van der Waals surface area contributed by atoms with Crippen LogP contribution in [0.1, 0.15) is 24.1 Å². The van der Waals surface area contributed by atoms with E-state index in [2.05, 4.69) is 20.3 Å². The third-order valence-electron chi connectivity index (χ3n) is 5.26. The minimum Gasteiger partial charge on any atom is -0.465 e. The van der Waals surface area contributed by atoms with Gasteiger partial charge >= 0.3 is 6.09 Å². The quantitative estimate of drug-likeness (QED) is 0.701. The van der Waals surface area contributed by atoms with E-state index in [4.69, 9.17) is 9.84 Å². The average molecular weight is 399 g/mol. The average Bonchev–Trinajstić information content (AvgIpc) is 3.15. The molecule has 8 nitrogen and oxygen atoms in total. The van der Waals surface area contributed by atoms with Crippen LogP contribution < -0.4 is 10.2 Å². The summed E-state index contributed by atoms with van der Waals surface area (Å²) in [5, 5.41) is 15.6. The van der Waals surface area contributed by atoms with Gasteiger partial charge in [0.25, 0.3) is 0 Å². The molecule has 3 heterocycles. The van der Waals surface area contributed by atoms with E-state index in [1.165, 1.54) is 6.33 Å². The lowest BCUT2D eigenvalue weighted by Gasteiger charge is -2.27. The van der Waals surface area contributed by atoms with Crippen molar-refractivity contribution in [1.82, 2.24) is 19.9 Å². The van der Waals surface area contributed by atoms with Crippen molar-refractivity contribution in [2.24, 2.45) is 0 Å². The summed E-state index contributed by atoms with van der Waals surface area (Å²) in [7, 11) is 0. The van der Waals surface area contributed by atoms with E-state index < -0.39 is 18.0 Å². The zero-order valence-corrected chi connectivity index (χ0v) is 16.2. The second-order valence-electron chi connectivity index (χ2n) is 7.05. The van der Waals surface area contributed by atoms with Crippen molar-refractivity contribution in [1.29, 1.82) is 0 Å². The van der Waals surface area contributed by atoms with E-state index in [9.17, 15) is 4.79 Å². The minimum atomic E-state index is -1.15. The van der Waals surface area contributed by atoms with Gasteiger partial charge in [-0.1, -0.05) is 6.07 Å². The highest BCUT2D eigenvalue weighted by molar-refractivity contribution is 5.80. The molecule has 152 valence electrons. The molecule has 1 aliphatic heterocycles. The summed E-state index contributed by atoms with van der Waals surface area (Å²) in [5.74, 6) is -0.420. The fourth-order valence-corrected chi connectivity index (χ4v) is 3.73. The van der Waals surface area contributed by atoms with E-state index in [1.807, 2.05) is 12.3 Å². The van der Waals surface area contributed by atoms with Gasteiger partial charge < -0.3 is 20.1 Å². The Morgan fingerprint density at radius 3 is 2.83 bits per heavy atom. The monoisotopic (exact) mass is 399 g/mol. The SMILES string of the molecule is Cc1c(C(C)NC(=O)O)ccc(-c2ncnn3cc(N4CCOCC4)cc23)c1F. The molecule has 2 aromatic heterocycles. The normalized spacial score (nSPS) is 15.5. The first kappa shape index (κ1) is 19.1. The molecule has 1 saturated heterocycles. The number of fused-ring (bicyclic) bond motifs is 1. The fourth-order valence-electron chi connectivity index (χ4n) is 3.73. The predicted molar refractivity (Wildman–Crippen MR) is 106 cm³/mol. The lowest BCUT2D eigenvalue weighted by atomic mass is 9.97. The van der Waals surface area contributed by atoms with Gasteiger partial charge in [0, 0.05) is 18.7 Å². The van der Waals surface area contributed by atoms with Crippen molar-refractivity contribution < 1.29 is 19.0 Å². The van der Waals surface area contributed by atoms with Crippen LogP contribution in [0.15, 0.2) is 30.7 Å². The van der Waals surface area contributed by atoms with Gasteiger partial charge in [0.1, 0.15) is 17.8 Å². The number of ether oxygens (including phenoxy) is 1. The molecule has 0 saturated carbocycles. The molecule has 0 bridgehead atoms. The van der Waals surface area contributed by atoms with Crippen molar-refractivity contribution in [2.45, 2.75) is 19.9 Å². The van der Waals surface area contributed by atoms with Gasteiger partial charge in [0.15, 0.2) is 0 Å². The molecule has 3 aromatic rings. The minimum absolute atomic E-state index is 0.354. The fraction of sp³-hybridized carbons (Fsp3) is 0.350. The van der Waals surface area contributed by atoms with Crippen LogP contribution in [0.4, 0.5) is 14.9 Å². The first-order chi connectivity index (χ1) is 14.0. The zero-order valence-electron chi connectivity index (χ0n) is 16.2. The summed E-state index contributed by atoms with van der Waals surface area (Å²) < 4.78 is 22.4. The van der Waals surface area contributed by atoms with Crippen LogP contribution in [0.3, 0.4) is 0 Å². The van der Waals surface area contributed by atoms with Gasteiger partial charge in [-0.3, -0.25) is 0 Å². The highest BCUT2D eigenvalue weighted by Crippen LogP contribution is 2.32. The van der Waals surface area contributed by atoms with Crippen molar-refractivity contribution in [3.05, 3.63) is 47.7 Å². The molecule has 1 aromatic carbocycles. The predicted octanol–water partition coefficient (Wildman–Crippen LogP) is 3.01. The largest absolute Gasteiger partial charge is 0.465 e. The molecular weight excluding hydrogens is 377 g/mol. The molecule has 0 radical (unpaired) electrons. The summed E-state index contributed by atoms with van der Waals surface area (Å²) in [6.45, 7) is 6.24. The Kier molecular flexibility index (Phi) is 5.06. The van der Waals surface area contributed by atoms with Crippen LogP contribution >= 0.6 is 0 Å². The zero-order chi connectivity index (χ0) is 20.5. The number of hydrogen-bond donors (Lipinski definition) is 2. The maximum Gasteiger partial charge on any atom is 0.405 e. The number of benzene rings is 1. The number of nitrogens with one attached hydrogen (secondary N) is 1. The molecule has 1 aliphatic rings. The topological polar surface area (TPSA) is 92.0 Å². The summed E-state index contributed by atoms with van der Waals surface area (Å²) >= 11 is 0. The van der Waals surface area contributed by atoms with Gasteiger partial charge in [-0.2, -0.15) is 5.10 Å². The number of morpholine rings is 1. The second-order valence-corrected chi connectivity index (χ2v) is 7.05. The summed E-state index contributed by atoms with van der Waals surface area (Å²) in [4.78, 5) is 17.4. The number of halogens is 1. The number of rotatable bonds is 4. The molecule has 1 fully saturated rings. The van der Waals surface area contributed by atoms with Crippen LogP contribution in [-0.2, 0) is 4.74 Å². The number of carbonyl (C=O) groups is 1. The van der Waals surface area contributed by atoms with Gasteiger partial charge in [-0.05, 0) is 37.1 Å². The van der Waals surface area contributed by atoms with Gasteiger partial charge in [-0.25, -0.2) is 18.7 Å². The number of hydrogen-bond acceptors (Lipinski definition) is 5. The number of anilines is 1. The van der Waals surface area contributed by atoms with Crippen molar-refractivity contribution >= 4 is 17.3 Å². The highest BCUT2D eigenvalue weighted by Gasteiger charge is 2.20. The Labute approximate surface area is 166 Å². The second kappa shape index (κ2) is 7.67. The molecule has 0 aliphatic carbocycles. The maximum atomic E-state index is 15.3. The Bertz CT molecular complexity index is 1060. The number of amides is 1. The lowest BCUT2D eigenvalue weighted by molar-refractivity contribution is 0.122. The molecule has 2 N–H and O–H groups in total. The molecular formula is C20H22FN5O3. The van der Waals surface area contributed by atoms with Crippen LogP contribution in [-0.4, -0.2) is 52.1 Å². The molecule has 1 amide bonds. The summed E-state index contributed by atoms with van der Waals surface area (Å²) in [6.07, 6.45) is 2.16. The van der Waals surface area contributed by atoms with Gasteiger partial charge in [-0.15, -0.1) is 0 Å². The Hall–Kier alpha value is -3.20. The van der Waals surface area contributed by atoms with Crippen LogP contribution in [0.2, 0.25) is 0 Å². The van der Waals surface area contributed by atoms with Gasteiger partial charge in [0.05, 0.1) is 36.7 Å². The third-order valence-corrected chi connectivity index (χ3v) is 5.26. The van der Waals surface area contributed by atoms with Crippen molar-refractivity contribution in [2.75, 3.05) is 31.2 Å². The smallest absolute Gasteiger partial charge is 0.405 e. The van der Waals surface area contributed by atoms with E-state index in [1.54, 1.807) is 30.5 Å². The van der Waals surface area contributed by atoms with Crippen molar-refractivity contribution in [3.8, 4) is 11.3 Å². The Morgan fingerprint density at radius 1 is 1.34 bits per heavy atom. The van der Waals surface area contributed by atoms with E-state index in [-0.39, 0.29) is 0 Å². The van der Waals surface area contributed by atoms with Crippen molar-refractivity contribution in [3.63, 3.8) is 0 Å². The highest BCUT2D eigenvalue weighted by atomic mass is 19.1. The van der Waals surface area contributed by atoms with Crippen LogP contribution in [0, 0.1) is 12.7 Å². The first-order valence-electron chi connectivity index (χ1n) is 9.40. The Morgan fingerprint density at radius 2 is 2.10 bits per heavy atom. The molecule has 1 atom stereocenters. The van der Waals surface area contributed by atoms with Crippen LogP contribution in [0.25, 0.3) is 16.8 Å². The standard InChI is InChI=1S/C20H22FN5O3/c1-12-15(13(2)24-20(27)28)3-4-16(18(12)21)19-17-9-14(10-26(17)23-11-22-19)25-5-7-29-8-6-25/h3-4,9-11,13,24H,5-8H2,1-2H3,(H,27,28). The molecule has 1 unspecified atom stereocenters. The first-order valence-corrected chi connectivity index (χ1v) is 9.40. The maximum absolute atomic E-state index is 15.3.